The van der Waals surface area contributed by atoms with Gasteiger partial charge in [-0.3, -0.25) is 9.36 Å². The van der Waals surface area contributed by atoms with Crippen molar-refractivity contribution in [1.29, 1.82) is 0 Å². The van der Waals surface area contributed by atoms with E-state index in [0.29, 0.717) is 47.6 Å². The largest absolute Gasteiger partial charge is 0.365 e. The first-order valence-corrected chi connectivity index (χ1v) is 12.9. The standard InChI is InChI=1S/C22H24F3N4O2P/c1-29-21-17(10-16(22(29)30)13-6-8-32(2,31)9-7-13)20(27-12-28-21)26-11-14-4-3-5-15(18(14)23)19(24)25/h3-5,10,12-13,19H,6-9,11H2,1-2H3,(H,26,27,28). The van der Waals surface area contributed by atoms with Gasteiger partial charge in [-0.1, -0.05) is 18.2 Å². The first kappa shape index (κ1) is 22.5. The number of rotatable bonds is 5. The number of nitrogens with zero attached hydrogens (tertiary/aromatic N) is 3. The Morgan fingerprint density at radius 3 is 2.66 bits per heavy atom. The zero-order valence-electron chi connectivity index (χ0n) is 17.8. The average molecular weight is 464 g/mol. The number of alkyl halides is 2. The average Bonchev–Trinajstić information content (AvgIpc) is 2.75. The number of nitrogens with one attached hydrogen (secondary N) is 1. The summed E-state index contributed by atoms with van der Waals surface area (Å²) in [5, 5.41) is 3.59. The molecule has 1 saturated heterocycles. The second-order valence-corrected chi connectivity index (χ2v) is 11.9. The molecule has 2 aromatic heterocycles. The normalized spacial score (nSPS) is 21.2. The van der Waals surface area contributed by atoms with E-state index < -0.39 is 24.9 Å². The Balaban J connectivity index is 1.69. The summed E-state index contributed by atoms with van der Waals surface area (Å²) in [6.45, 7) is 1.75. The number of aromatic nitrogens is 3. The summed E-state index contributed by atoms with van der Waals surface area (Å²) in [7, 11) is -0.495. The second-order valence-electron chi connectivity index (χ2n) is 8.42. The van der Waals surface area contributed by atoms with Gasteiger partial charge in [-0.15, -0.1) is 0 Å². The van der Waals surface area contributed by atoms with Crippen LogP contribution >= 0.6 is 7.14 Å². The molecular formula is C22H24F3N4O2P. The van der Waals surface area contributed by atoms with Crippen molar-refractivity contribution in [2.75, 3.05) is 24.3 Å². The van der Waals surface area contributed by atoms with Crippen LogP contribution in [0.3, 0.4) is 0 Å². The van der Waals surface area contributed by atoms with Gasteiger partial charge in [-0.05, 0) is 31.5 Å². The Labute approximate surface area is 183 Å². The molecule has 3 aromatic rings. The van der Waals surface area contributed by atoms with E-state index in [4.69, 9.17) is 0 Å². The molecule has 3 heterocycles. The van der Waals surface area contributed by atoms with Crippen LogP contribution < -0.4 is 10.9 Å². The number of benzene rings is 1. The molecule has 32 heavy (non-hydrogen) atoms. The van der Waals surface area contributed by atoms with Gasteiger partial charge in [-0.2, -0.15) is 0 Å². The molecule has 1 aliphatic heterocycles. The number of anilines is 1. The predicted octanol–water partition coefficient (Wildman–Crippen LogP) is 4.89. The van der Waals surface area contributed by atoms with Crippen LogP contribution in [0.25, 0.3) is 11.0 Å². The molecule has 1 aliphatic rings. The molecule has 4 rings (SSSR count). The summed E-state index contributed by atoms with van der Waals surface area (Å²) in [4.78, 5) is 21.4. The second kappa shape index (κ2) is 8.70. The molecule has 0 amide bonds. The van der Waals surface area contributed by atoms with Gasteiger partial charge in [0.15, 0.2) is 0 Å². The minimum absolute atomic E-state index is 0.00616. The number of fused-ring (bicyclic) bond motifs is 1. The van der Waals surface area contributed by atoms with Gasteiger partial charge in [0.25, 0.3) is 12.0 Å². The zero-order chi connectivity index (χ0) is 23.0. The molecule has 0 atom stereocenters. The highest BCUT2D eigenvalue weighted by molar-refractivity contribution is 7.63. The van der Waals surface area contributed by atoms with Gasteiger partial charge in [-0.25, -0.2) is 23.1 Å². The molecular weight excluding hydrogens is 440 g/mol. The summed E-state index contributed by atoms with van der Waals surface area (Å²) in [6.07, 6.45) is 0.960. The predicted molar refractivity (Wildman–Crippen MR) is 119 cm³/mol. The molecule has 1 fully saturated rings. The minimum Gasteiger partial charge on any atom is -0.365 e. The van der Waals surface area contributed by atoms with E-state index in [1.54, 1.807) is 19.8 Å². The number of hydrogen-bond donors (Lipinski definition) is 1. The highest BCUT2D eigenvalue weighted by Crippen LogP contribution is 2.50. The fourth-order valence-electron chi connectivity index (χ4n) is 4.24. The quantitative estimate of drug-likeness (QED) is 0.545. The smallest absolute Gasteiger partial charge is 0.266 e. The van der Waals surface area contributed by atoms with Crippen LogP contribution in [0.2, 0.25) is 0 Å². The molecule has 0 spiro atoms. The molecule has 0 saturated carbocycles. The van der Waals surface area contributed by atoms with Crippen LogP contribution in [0.15, 0.2) is 35.4 Å². The maximum Gasteiger partial charge on any atom is 0.266 e. The van der Waals surface area contributed by atoms with Gasteiger partial charge in [0, 0.05) is 37.0 Å². The van der Waals surface area contributed by atoms with Crippen LogP contribution in [0.5, 0.6) is 0 Å². The van der Waals surface area contributed by atoms with Gasteiger partial charge in [0.2, 0.25) is 0 Å². The highest BCUT2D eigenvalue weighted by atomic mass is 31.2. The summed E-state index contributed by atoms with van der Waals surface area (Å²) in [5.74, 6) is -0.577. The summed E-state index contributed by atoms with van der Waals surface area (Å²) in [5.41, 5.74) is 0.312. The molecule has 1 aromatic carbocycles. The van der Waals surface area contributed by atoms with Crippen molar-refractivity contribution in [3.8, 4) is 0 Å². The first-order chi connectivity index (χ1) is 15.2. The first-order valence-electron chi connectivity index (χ1n) is 10.4. The Bertz CT molecular complexity index is 1270. The SMILES string of the molecule is Cn1c(=O)c(C2CCP(C)(=O)CC2)cc2c(NCc3cccc(C(F)F)c3F)ncnc21. The van der Waals surface area contributed by atoms with E-state index in [0.717, 1.165) is 6.07 Å². The van der Waals surface area contributed by atoms with E-state index in [1.165, 1.54) is 23.0 Å². The van der Waals surface area contributed by atoms with E-state index in [9.17, 15) is 22.5 Å². The van der Waals surface area contributed by atoms with Crippen LogP contribution in [0.4, 0.5) is 19.0 Å². The molecule has 0 bridgehead atoms. The molecule has 1 N–H and O–H groups in total. The molecule has 6 nitrogen and oxygen atoms in total. The van der Waals surface area contributed by atoms with Gasteiger partial charge in [0.1, 0.15) is 23.6 Å². The number of hydrogen-bond acceptors (Lipinski definition) is 5. The van der Waals surface area contributed by atoms with Gasteiger partial charge >= 0.3 is 0 Å². The molecule has 0 radical (unpaired) electrons. The van der Waals surface area contributed by atoms with E-state index >= 15 is 0 Å². The lowest BCUT2D eigenvalue weighted by molar-refractivity contribution is 0.146. The number of halogens is 3. The van der Waals surface area contributed by atoms with Crippen molar-refractivity contribution >= 4 is 24.0 Å². The van der Waals surface area contributed by atoms with E-state index in [1.807, 2.05) is 0 Å². The van der Waals surface area contributed by atoms with Crippen molar-refractivity contribution in [1.82, 2.24) is 14.5 Å². The lowest BCUT2D eigenvalue weighted by Crippen LogP contribution is -2.26. The molecule has 0 unspecified atom stereocenters. The Hall–Kier alpha value is -2.67. The Kier molecular flexibility index (Phi) is 6.12. The van der Waals surface area contributed by atoms with Crippen molar-refractivity contribution < 1.29 is 17.7 Å². The third kappa shape index (κ3) is 4.31. The van der Waals surface area contributed by atoms with Gasteiger partial charge < -0.3 is 9.88 Å². The Morgan fingerprint density at radius 1 is 1.25 bits per heavy atom. The van der Waals surface area contributed by atoms with Gasteiger partial charge in [0.05, 0.1) is 18.1 Å². The van der Waals surface area contributed by atoms with Crippen LogP contribution in [-0.2, 0) is 18.2 Å². The summed E-state index contributed by atoms with van der Waals surface area (Å²) >= 11 is 0. The highest BCUT2D eigenvalue weighted by Gasteiger charge is 2.29. The van der Waals surface area contributed by atoms with Crippen LogP contribution in [-0.4, -0.2) is 33.5 Å². The lowest BCUT2D eigenvalue weighted by Gasteiger charge is -2.27. The molecule has 170 valence electrons. The third-order valence-electron chi connectivity index (χ3n) is 6.16. The van der Waals surface area contributed by atoms with Crippen molar-refractivity contribution in [2.24, 2.45) is 7.05 Å². The van der Waals surface area contributed by atoms with E-state index in [-0.39, 0.29) is 23.6 Å². The zero-order valence-corrected chi connectivity index (χ0v) is 18.7. The summed E-state index contributed by atoms with van der Waals surface area (Å²) < 4.78 is 54.2. The van der Waals surface area contributed by atoms with Crippen molar-refractivity contribution in [2.45, 2.75) is 31.7 Å². The fraction of sp³-hybridized carbons (Fsp3) is 0.409. The number of pyridine rings is 1. The lowest BCUT2D eigenvalue weighted by atomic mass is 9.94. The van der Waals surface area contributed by atoms with E-state index in [2.05, 4.69) is 15.3 Å². The van der Waals surface area contributed by atoms with Crippen molar-refractivity contribution in [3.63, 3.8) is 0 Å². The monoisotopic (exact) mass is 464 g/mol. The van der Waals surface area contributed by atoms with Crippen LogP contribution in [0, 0.1) is 5.82 Å². The maximum absolute atomic E-state index is 14.4. The Morgan fingerprint density at radius 2 is 1.97 bits per heavy atom. The minimum atomic E-state index is -2.90. The van der Waals surface area contributed by atoms with Crippen LogP contribution in [0.1, 0.15) is 41.9 Å². The third-order valence-corrected chi connectivity index (χ3v) is 8.57. The summed E-state index contributed by atoms with van der Waals surface area (Å²) in [6, 6.07) is 5.63. The molecule has 0 aliphatic carbocycles. The van der Waals surface area contributed by atoms with Crippen molar-refractivity contribution in [3.05, 3.63) is 63.5 Å². The maximum atomic E-state index is 14.4. The molecule has 10 heteroatoms. The fourth-order valence-corrected chi connectivity index (χ4v) is 6.17. The number of aryl methyl sites for hydroxylation is 1. The topological polar surface area (TPSA) is 76.9 Å².